The van der Waals surface area contributed by atoms with Crippen molar-refractivity contribution in [1.29, 1.82) is 0 Å². The average molecular weight is 370 g/mol. The van der Waals surface area contributed by atoms with Crippen molar-refractivity contribution in [2.75, 3.05) is 5.32 Å². The molecular weight excluding hydrogens is 342 g/mol. The van der Waals surface area contributed by atoms with Gasteiger partial charge in [0.15, 0.2) is 0 Å². The second kappa shape index (κ2) is 7.80. The Labute approximate surface area is 159 Å². The van der Waals surface area contributed by atoms with Gasteiger partial charge in [0.2, 0.25) is 0 Å². The molecule has 4 rings (SSSR count). The molecule has 2 aliphatic heterocycles. The maximum Gasteiger partial charge on any atom is 0.319 e. The predicted molar refractivity (Wildman–Crippen MR) is 108 cm³/mol. The van der Waals surface area contributed by atoms with E-state index in [1.165, 1.54) is 29.7 Å². The molecule has 26 heavy (non-hydrogen) atoms. The normalized spacial score (nSPS) is 25.7. The van der Waals surface area contributed by atoms with Crippen LogP contribution in [0.4, 0.5) is 10.5 Å². The molecule has 2 atom stereocenters. The van der Waals surface area contributed by atoms with Gasteiger partial charge in [-0.3, -0.25) is 4.90 Å². The molecule has 2 aromatic rings. The van der Waals surface area contributed by atoms with Gasteiger partial charge >= 0.3 is 6.03 Å². The van der Waals surface area contributed by atoms with Crippen molar-refractivity contribution in [3.63, 3.8) is 0 Å². The number of hydrogen-bond donors (Lipinski definition) is 2. The lowest BCUT2D eigenvalue weighted by atomic mass is 9.81. The van der Waals surface area contributed by atoms with Gasteiger partial charge in [-0.2, -0.15) is 0 Å². The third-order valence-corrected chi connectivity index (χ3v) is 6.55. The number of rotatable bonds is 4. The Kier molecular flexibility index (Phi) is 5.27. The summed E-state index contributed by atoms with van der Waals surface area (Å²) in [6.07, 6.45) is 5.93. The lowest BCUT2D eigenvalue weighted by Gasteiger charge is -2.48. The zero-order valence-corrected chi connectivity index (χ0v) is 16.1. The highest BCUT2D eigenvalue weighted by atomic mass is 32.1. The van der Waals surface area contributed by atoms with Crippen LogP contribution in [0.5, 0.6) is 0 Å². The minimum absolute atomic E-state index is 0.0800. The van der Waals surface area contributed by atoms with Crippen molar-refractivity contribution >= 4 is 23.1 Å². The van der Waals surface area contributed by atoms with Crippen molar-refractivity contribution in [3.05, 3.63) is 52.2 Å². The number of hydrogen-bond acceptors (Lipinski definition) is 3. The van der Waals surface area contributed by atoms with Crippen molar-refractivity contribution < 1.29 is 4.79 Å². The molecule has 2 fully saturated rings. The molecule has 0 radical (unpaired) electrons. The summed E-state index contributed by atoms with van der Waals surface area (Å²) in [6.45, 7) is 3.11. The molecule has 5 heteroatoms. The smallest absolute Gasteiger partial charge is 0.319 e. The molecule has 2 amide bonds. The molecule has 2 bridgehead atoms. The van der Waals surface area contributed by atoms with Gasteiger partial charge in [-0.15, -0.1) is 11.3 Å². The summed E-state index contributed by atoms with van der Waals surface area (Å²) in [5, 5.41) is 8.35. The van der Waals surface area contributed by atoms with Crippen LogP contribution in [0.25, 0.3) is 0 Å². The Morgan fingerprint density at radius 1 is 1.15 bits per heavy atom. The summed E-state index contributed by atoms with van der Waals surface area (Å²) in [6, 6.07) is 13.7. The van der Waals surface area contributed by atoms with Gasteiger partial charge < -0.3 is 10.6 Å². The molecule has 2 saturated heterocycles. The number of urea groups is 1. The van der Waals surface area contributed by atoms with Crippen LogP contribution in [0.1, 0.15) is 42.5 Å². The number of carbonyl (C=O) groups is 1. The standard InChI is InChI=1S/C21H27N3OS/c1-15-7-9-16(10-8-15)22-21(25)23-17-12-18-4-2-5-19(13-17)24(18)14-20-6-3-11-26-20/h3,6-11,17-19H,2,4-5,12-14H2,1H3,(H2,22,23,25)/t18-,19-/m0/s1. The molecule has 4 nitrogen and oxygen atoms in total. The van der Waals surface area contributed by atoms with E-state index in [1.54, 1.807) is 0 Å². The monoisotopic (exact) mass is 369 g/mol. The van der Waals surface area contributed by atoms with Crippen LogP contribution in [-0.2, 0) is 6.54 Å². The van der Waals surface area contributed by atoms with Gasteiger partial charge in [0.1, 0.15) is 0 Å². The molecule has 3 heterocycles. The lowest BCUT2D eigenvalue weighted by Crippen LogP contribution is -2.56. The molecule has 0 aliphatic carbocycles. The van der Waals surface area contributed by atoms with E-state index in [1.807, 2.05) is 42.5 Å². The summed E-state index contributed by atoms with van der Waals surface area (Å²) in [5.74, 6) is 0. The summed E-state index contributed by atoms with van der Waals surface area (Å²) in [5.41, 5.74) is 2.05. The van der Waals surface area contributed by atoms with Gasteiger partial charge in [-0.1, -0.05) is 30.2 Å². The SMILES string of the molecule is Cc1ccc(NC(=O)NC2C[C@@H]3CCC[C@@H](C2)N3Cc2cccs2)cc1. The molecule has 2 N–H and O–H groups in total. The highest BCUT2D eigenvalue weighted by molar-refractivity contribution is 7.09. The molecule has 0 unspecified atom stereocenters. The van der Waals surface area contributed by atoms with E-state index in [2.05, 4.69) is 33.0 Å². The number of nitrogens with one attached hydrogen (secondary N) is 2. The molecule has 0 spiro atoms. The Bertz CT molecular complexity index is 714. The third-order valence-electron chi connectivity index (χ3n) is 5.69. The lowest BCUT2D eigenvalue weighted by molar-refractivity contribution is 0.0208. The quantitative estimate of drug-likeness (QED) is 0.816. The van der Waals surface area contributed by atoms with Crippen molar-refractivity contribution in [2.45, 2.75) is 63.7 Å². The largest absolute Gasteiger partial charge is 0.335 e. The summed E-state index contributed by atoms with van der Waals surface area (Å²) < 4.78 is 0. The first-order valence-electron chi connectivity index (χ1n) is 9.60. The number of fused-ring (bicyclic) bond motifs is 2. The fourth-order valence-electron chi connectivity index (χ4n) is 4.43. The fraction of sp³-hybridized carbons (Fsp3) is 0.476. The first-order valence-corrected chi connectivity index (χ1v) is 10.5. The topological polar surface area (TPSA) is 44.4 Å². The Balaban J connectivity index is 1.34. The van der Waals surface area contributed by atoms with E-state index in [-0.39, 0.29) is 12.1 Å². The highest BCUT2D eigenvalue weighted by Gasteiger charge is 2.38. The maximum atomic E-state index is 12.4. The van der Waals surface area contributed by atoms with Crippen molar-refractivity contribution in [2.24, 2.45) is 0 Å². The molecular formula is C21H27N3OS. The number of anilines is 1. The molecule has 138 valence electrons. The van der Waals surface area contributed by atoms with Crippen LogP contribution in [0.3, 0.4) is 0 Å². The zero-order chi connectivity index (χ0) is 17.9. The van der Waals surface area contributed by atoms with E-state index in [0.717, 1.165) is 25.1 Å². The van der Waals surface area contributed by atoms with Crippen LogP contribution in [0.15, 0.2) is 41.8 Å². The van der Waals surface area contributed by atoms with Crippen LogP contribution in [0.2, 0.25) is 0 Å². The Morgan fingerprint density at radius 2 is 1.88 bits per heavy atom. The number of nitrogens with zero attached hydrogens (tertiary/aromatic N) is 1. The van der Waals surface area contributed by atoms with Crippen LogP contribution >= 0.6 is 11.3 Å². The molecule has 1 aromatic heterocycles. The number of aryl methyl sites for hydroxylation is 1. The van der Waals surface area contributed by atoms with E-state index in [0.29, 0.717) is 12.1 Å². The van der Waals surface area contributed by atoms with Crippen LogP contribution < -0.4 is 10.6 Å². The van der Waals surface area contributed by atoms with Crippen molar-refractivity contribution in [3.8, 4) is 0 Å². The van der Waals surface area contributed by atoms with E-state index < -0.39 is 0 Å². The summed E-state index contributed by atoms with van der Waals surface area (Å²) in [4.78, 5) is 16.5. The molecule has 2 aliphatic rings. The number of amides is 2. The Hall–Kier alpha value is -1.85. The van der Waals surface area contributed by atoms with Gasteiger partial charge in [0.05, 0.1) is 0 Å². The van der Waals surface area contributed by atoms with E-state index in [9.17, 15) is 4.79 Å². The predicted octanol–water partition coefficient (Wildman–Crippen LogP) is 4.76. The number of benzene rings is 1. The highest BCUT2D eigenvalue weighted by Crippen LogP contribution is 2.35. The zero-order valence-electron chi connectivity index (χ0n) is 15.3. The minimum atomic E-state index is -0.0800. The van der Waals surface area contributed by atoms with Gasteiger partial charge in [0, 0.05) is 35.2 Å². The summed E-state index contributed by atoms with van der Waals surface area (Å²) >= 11 is 1.85. The third kappa shape index (κ3) is 4.10. The number of thiophene rings is 1. The summed E-state index contributed by atoms with van der Waals surface area (Å²) in [7, 11) is 0. The number of carbonyl (C=O) groups excluding carboxylic acids is 1. The van der Waals surface area contributed by atoms with Gasteiger partial charge in [0.25, 0.3) is 0 Å². The van der Waals surface area contributed by atoms with E-state index >= 15 is 0 Å². The van der Waals surface area contributed by atoms with Crippen LogP contribution in [-0.4, -0.2) is 29.1 Å². The maximum absolute atomic E-state index is 12.4. The molecule has 1 aromatic carbocycles. The Morgan fingerprint density at radius 3 is 2.54 bits per heavy atom. The minimum Gasteiger partial charge on any atom is -0.335 e. The first-order chi connectivity index (χ1) is 12.7. The first kappa shape index (κ1) is 17.6. The van der Waals surface area contributed by atoms with Gasteiger partial charge in [-0.05, 0) is 56.2 Å². The van der Waals surface area contributed by atoms with E-state index in [4.69, 9.17) is 0 Å². The van der Waals surface area contributed by atoms with Crippen LogP contribution in [0, 0.1) is 6.92 Å². The molecule has 0 saturated carbocycles. The second-order valence-electron chi connectivity index (χ2n) is 7.62. The average Bonchev–Trinajstić information content (AvgIpc) is 3.11. The fourth-order valence-corrected chi connectivity index (χ4v) is 5.14. The van der Waals surface area contributed by atoms with Crippen molar-refractivity contribution in [1.82, 2.24) is 10.2 Å². The second-order valence-corrected chi connectivity index (χ2v) is 8.66. The number of piperidine rings is 2. The van der Waals surface area contributed by atoms with Gasteiger partial charge in [-0.25, -0.2) is 4.79 Å².